The summed E-state index contributed by atoms with van der Waals surface area (Å²) in [6, 6.07) is 29.1. The van der Waals surface area contributed by atoms with Crippen LogP contribution in [-0.4, -0.2) is 4.98 Å². The number of aryl methyl sites for hydroxylation is 1. The van der Waals surface area contributed by atoms with Gasteiger partial charge in [0, 0.05) is 16.8 Å². The smallest absolute Gasteiger partial charge is 0.126 e. The third kappa shape index (κ3) is 3.47. The van der Waals surface area contributed by atoms with Crippen molar-refractivity contribution in [1.29, 1.82) is 0 Å². The van der Waals surface area contributed by atoms with Crippen LogP contribution in [0.2, 0.25) is 0 Å². The average Bonchev–Trinajstić information content (AvgIpc) is 3.09. The Bertz CT molecular complexity index is 958. The standard InChI is InChI=1S/C22H18N2S/c1-16-12-14-19(15-13-16)23-22-20(17-8-4-2-5-9-17)24-21(25-22)18-10-6-3-7-11-18/h2-15,23H,1H3. The molecule has 0 spiro atoms. The Labute approximate surface area is 151 Å². The lowest BCUT2D eigenvalue weighted by Gasteiger charge is -2.06. The van der Waals surface area contributed by atoms with Gasteiger partial charge in [0.1, 0.15) is 15.7 Å². The summed E-state index contributed by atoms with van der Waals surface area (Å²) < 4.78 is 0. The summed E-state index contributed by atoms with van der Waals surface area (Å²) in [4.78, 5) is 4.92. The number of nitrogens with one attached hydrogen (secondary N) is 1. The van der Waals surface area contributed by atoms with Crippen LogP contribution in [0.15, 0.2) is 84.9 Å². The highest BCUT2D eigenvalue weighted by molar-refractivity contribution is 7.19. The zero-order chi connectivity index (χ0) is 17.1. The molecule has 2 nitrogen and oxygen atoms in total. The average molecular weight is 342 g/mol. The van der Waals surface area contributed by atoms with Crippen LogP contribution < -0.4 is 5.32 Å². The first-order chi connectivity index (χ1) is 12.3. The second-order valence-electron chi connectivity index (χ2n) is 5.92. The molecule has 1 aromatic heterocycles. The Morgan fingerprint density at radius 3 is 1.96 bits per heavy atom. The van der Waals surface area contributed by atoms with Gasteiger partial charge in [0.15, 0.2) is 0 Å². The van der Waals surface area contributed by atoms with Crippen LogP contribution in [-0.2, 0) is 0 Å². The molecule has 0 aliphatic carbocycles. The molecule has 0 aliphatic rings. The van der Waals surface area contributed by atoms with Crippen molar-refractivity contribution in [2.24, 2.45) is 0 Å². The predicted molar refractivity (Wildman–Crippen MR) is 107 cm³/mol. The third-order valence-electron chi connectivity index (χ3n) is 4.00. The van der Waals surface area contributed by atoms with E-state index in [-0.39, 0.29) is 0 Å². The first kappa shape index (κ1) is 15.6. The summed E-state index contributed by atoms with van der Waals surface area (Å²) in [7, 11) is 0. The Morgan fingerprint density at radius 2 is 1.32 bits per heavy atom. The van der Waals surface area contributed by atoms with Crippen LogP contribution in [0.3, 0.4) is 0 Å². The Morgan fingerprint density at radius 1 is 0.720 bits per heavy atom. The highest BCUT2D eigenvalue weighted by atomic mass is 32.1. The molecule has 1 N–H and O–H groups in total. The molecule has 3 heteroatoms. The van der Waals surface area contributed by atoms with Crippen LogP contribution in [0, 0.1) is 6.92 Å². The Hall–Kier alpha value is -2.91. The molecule has 4 rings (SSSR count). The van der Waals surface area contributed by atoms with Crippen molar-refractivity contribution in [1.82, 2.24) is 4.98 Å². The number of anilines is 2. The first-order valence-electron chi connectivity index (χ1n) is 8.25. The largest absolute Gasteiger partial charge is 0.345 e. The molecule has 25 heavy (non-hydrogen) atoms. The lowest BCUT2D eigenvalue weighted by atomic mass is 10.1. The maximum atomic E-state index is 4.92. The minimum Gasteiger partial charge on any atom is -0.345 e. The highest BCUT2D eigenvalue weighted by Gasteiger charge is 2.14. The lowest BCUT2D eigenvalue weighted by Crippen LogP contribution is -1.90. The molecule has 0 radical (unpaired) electrons. The van der Waals surface area contributed by atoms with E-state index < -0.39 is 0 Å². The van der Waals surface area contributed by atoms with E-state index in [1.165, 1.54) is 5.56 Å². The van der Waals surface area contributed by atoms with Crippen LogP contribution in [0.5, 0.6) is 0 Å². The minimum absolute atomic E-state index is 0.991. The van der Waals surface area contributed by atoms with Gasteiger partial charge in [0.05, 0.1) is 0 Å². The molecule has 0 saturated heterocycles. The molecule has 0 atom stereocenters. The van der Waals surface area contributed by atoms with E-state index in [0.717, 1.165) is 32.5 Å². The molecule has 0 aliphatic heterocycles. The van der Waals surface area contributed by atoms with Crippen molar-refractivity contribution in [2.45, 2.75) is 6.92 Å². The van der Waals surface area contributed by atoms with E-state index >= 15 is 0 Å². The molecule has 3 aromatic carbocycles. The molecule has 4 aromatic rings. The van der Waals surface area contributed by atoms with Gasteiger partial charge in [-0.15, -0.1) is 0 Å². The van der Waals surface area contributed by atoms with Gasteiger partial charge in [0.2, 0.25) is 0 Å². The van der Waals surface area contributed by atoms with Crippen molar-refractivity contribution < 1.29 is 0 Å². The molecule has 0 unspecified atom stereocenters. The van der Waals surface area contributed by atoms with Crippen molar-refractivity contribution >= 4 is 22.0 Å². The quantitative estimate of drug-likeness (QED) is 0.456. The van der Waals surface area contributed by atoms with Gasteiger partial charge in [-0.2, -0.15) is 0 Å². The fourth-order valence-corrected chi connectivity index (χ4v) is 3.68. The van der Waals surface area contributed by atoms with Gasteiger partial charge < -0.3 is 5.32 Å². The Kier molecular flexibility index (Phi) is 4.32. The number of benzene rings is 3. The van der Waals surface area contributed by atoms with E-state index in [1.54, 1.807) is 11.3 Å². The van der Waals surface area contributed by atoms with E-state index in [0.29, 0.717) is 0 Å². The summed E-state index contributed by atoms with van der Waals surface area (Å²) in [5.41, 5.74) is 5.58. The van der Waals surface area contributed by atoms with Crippen molar-refractivity contribution in [3.05, 3.63) is 90.5 Å². The SMILES string of the molecule is Cc1ccc(Nc2sc(-c3ccccc3)nc2-c2ccccc2)cc1. The van der Waals surface area contributed by atoms with Gasteiger partial charge in [0.25, 0.3) is 0 Å². The molecule has 0 amide bonds. The van der Waals surface area contributed by atoms with Gasteiger partial charge in [-0.25, -0.2) is 4.98 Å². The summed E-state index contributed by atoms with van der Waals surface area (Å²) in [5, 5.41) is 5.63. The fraction of sp³-hybridized carbons (Fsp3) is 0.0455. The number of aromatic nitrogens is 1. The number of rotatable bonds is 4. The van der Waals surface area contributed by atoms with Crippen LogP contribution in [0.25, 0.3) is 21.8 Å². The molecule has 0 bridgehead atoms. The normalized spacial score (nSPS) is 10.6. The number of thiazole rings is 1. The van der Waals surface area contributed by atoms with Crippen molar-refractivity contribution in [3.63, 3.8) is 0 Å². The highest BCUT2D eigenvalue weighted by Crippen LogP contribution is 2.39. The van der Waals surface area contributed by atoms with Gasteiger partial charge >= 0.3 is 0 Å². The van der Waals surface area contributed by atoms with Crippen LogP contribution in [0.1, 0.15) is 5.56 Å². The van der Waals surface area contributed by atoms with Gasteiger partial charge in [-0.05, 0) is 19.1 Å². The van der Waals surface area contributed by atoms with Crippen LogP contribution >= 0.6 is 11.3 Å². The topological polar surface area (TPSA) is 24.9 Å². The predicted octanol–water partition coefficient (Wildman–Crippen LogP) is 6.53. The molecule has 122 valence electrons. The zero-order valence-corrected chi connectivity index (χ0v) is 14.8. The second kappa shape index (κ2) is 6.91. The summed E-state index contributed by atoms with van der Waals surface area (Å²) in [5.74, 6) is 0. The lowest BCUT2D eigenvalue weighted by molar-refractivity contribution is 1.39. The van der Waals surface area contributed by atoms with Crippen LogP contribution in [0.4, 0.5) is 10.7 Å². The number of hydrogen-bond acceptors (Lipinski definition) is 3. The Balaban J connectivity index is 1.78. The monoisotopic (exact) mass is 342 g/mol. The third-order valence-corrected chi connectivity index (χ3v) is 5.02. The number of nitrogens with zero attached hydrogens (tertiary/aromatic N) is 1. The minimum atomic E-state index is 0.991. The molecule has 0 saturated carbocycles. The summed E-state index contributed by atoms with van der Waals surface area (Å²) in [6.07, 6.45) is 0. The molecule has 0 fully saturated rings. The van der Waals surface area contributed by atoms with E-state index in [4.69, 9.17) is 4.98 Å². The molecular formula is C22H18N2S. The van der Waals surface area contributed by atoms with E-state index in [1.807, 2.05) is 36.4 Å². The first-order valence-corrected chi connectivity index (χ1v) is 9.06. The maximum Gasteiger partial charge on any atom is 0.126 e. The zero-order valence-electron chi connectivity index (χ0n) is 13.9. The summed E-state index contributed by atoms with van der Waals surface area (Å²) in [6.45, 7) is 2.10. The molecule has 1 heterocycles. The van der Waals surface area contributed by atoms with E-state index in [2.05, 4.69) is 60.8 Å². The van der Waals surface area contributed by atoms with Crippen molar-refractivity contribution in [3.8, 4) is 21.8 Å². The van der Waals surface area contributed by atoms with Gasteiger partial charge in [-0.3, -0.25) is 0 Å². The van der Waals surface area contributed by atoms with E-state index in [9.17, 15) is 0 Å². The second-order valence-corrected chi connectivity index (χ2v) is 6.92. The summed E-state index contributed by atoms with van der Waals surface area (Å²) >= 11 is 1.68. The maximum absolute atomic E-state index is 4.92. The van der Waals surface area contributed by atoms with Gasteiger partial charge in [-0.1, -0.05) is 89.7 Å². The molecular weight excluding hydrogens is 324 g/mol. The number of hydrogen-bond donors (Lipinski definition) is 1. The van der Waals surface area contributed by atoms with Crippen molar-refractivity contribution in [2.75, 3.05) is 5.32 Å². The fourth-order valence-electron chi connectivity index (χ4n) is 2.67.